The Kier molecular flexibility index (Phi) is 4.58. The molecule has 0 fully saturated rings. The highest BCUT2D eigenvalue weighted by atomic mass is 16.6. The number of hydrogen-bond donors (Lipinski definition) is 2. The lowest BCUT2D eigenvalue weighted by Gasteiger charge is -2.10. The van der Waals surface area contributed by atoms with Crippen molar-refractivity contribution in [2.45, 2.75) is 25.9 Å². The van der Waals surface area contributed by atoms with Gasteiger partial charge in [0.2, 0.25) is 0 Å². The molecule has 5 nitrogen and oxygen atoms in total. The van der Waals surface area contributed by atoms with Gasteiger partial charge in [0.25, 0.3) is 0 Å². The Hall–Kier alpha value is -1.52. The molecule has 0 aliphatic carbocycles. The summed E-state index contributed by atoms with van der Waals surface area (Å²) >= 11 is 0. The fraction of sp³-hybridized carbons (Fsp3) is 0.500. The van der Waals surface area contributed by atoms with Crippen molar-refractivity contribution in [3.8, 4) is 0 Å². The van der Waals surface area contributed by atoms with E-state index in [4.69, 9.17) is 10.8 Å². The Bertz CT molecular complexity index is 224. The van der Waals surface area contributed by atoms with Crippen molar-refractivity contribution < 1.29 is 19.4 Å². The van der Waals surface area contributed by atoms with Gasteiger partial charge in [-0.3, -0.25) is 0 Å². The molecule has 1 unspecified atom stereocenters. The minimum absolute atomic E-state index is 0.0971. The van der Waals surface area contributed by atoms with Gasteiger partial charge in [0.1, 0.15) is 6.10 Å². The van der Waals surface area contributed by atoms with E-state index in [2.05, 4.69) is 11.3 Å². The van der Waals surface area contributed by atoms with Gasteiger partial charge < -0.3 is 15.6 Å². The van der Waals surface area contributed by atoms with Crippen LogP contribution < -0.4 is 5.73 Å². The summed E-state index contributed by atoms with van der Waals surface area (Å²) in [5.41, 5.74) is 4.86. The largest absolute Gasteiger partial charge is 0.478 e. The SMILES string of the molecule is C=C(CCC(C)OC(N)=O)C(=O)O. The van der Waals surface area contributed by atoms with Gasteiger partial charge in [-0.05, 0) is 19.8 Å². The molecule has 0 saturated heterocycles. The number of aliphatic carboxylic acids is 1. The fourth-order valence-electron chi connectivity index (χ4n) is 0.742. The van der Waals surface area contributed by atoms with Crippen molar-refractivity contribution in [2.24, 2.45) is 5.73 Å². The van der Waals surface area contributed by atoms with Crippen molar-refractivity contribution in [1.29, 1.82) is 0 Å². The van der Waals surface area contributed by atoms with Gasteiger partial charge in [0, 0.05) is 5.57 Å². The van der Waals surface area contributed by atoms with Gasteiger partial charge in [-0.1, -0.05) is 6.58 Å². The summed E-state index contributed by atoms with van der Waals surface area (Å²) in [6, 6.07) is 0. The zero-order valence-electron chi connectivity index (χ0n) is 7.45. The van der Waals surface area contributed by atoms with E-state index in [-0.39, 0.29) is 18.1 Å². The molecular formula is C8H13NO4. The van der Waals surface area contributed by atoms with E-state index in [0.717, 1.165) is 0 Å². The molecule has 13 heavy (non-hydrogen) atoms. The van der Waals surface area contributed by atoms with Crippen LogP contribution in [0.3, 0.4) is 0 Å². The standard InChI is InChI=1S/C8H13NO4/c1-5(7(10)11)3-4-6(2)13-8(9)12/h6H,1,3-4H2,2H3,(H2,9,12)(H,10,11). The molecule has 74 valence electrons. The van der Waals surface area contributed by atoms with Crippen molar-refractivity contribution in [2.75, 3.05) is 0 Å². The summed E-state index contributed by atoms with van der Waals surface area (Å²) < 4.78 is 4.59. The predicted octanol–water partition coefficient (Wildman–Crippen LogP) is 0.891. The van der Waals surface area contributed by atoms with Crippen LogP contribution in [0.5, 0.6) is 0 Å². The average Bonchev–Trinajstić information content (AvgIpc) is 1.98. The van der Waals surface area contributed by atoms with Gasteiger partial charge in [-0.15, -0.1) is 0 Å². The Morgan fingerprint density at radius 3 is 2.54 bits per heavy atom. The minimum Gasteiger partial charge on any atom is -0.478 e. The molecule has 0 spiro atoms. The highest BCUT2D eigenvalue weighted by Crippen LogP contribution is 2.07. The molecule has 1 atom stereocenters. The van der Waals surface area contributed by atoms with E-state index in [1.54, 1.807) is 6.92 Å². The van der Waals surface area contributed by atoms with Crippen LogP contribution in [0.15, 0.2) is 12.2 Å². The van der Waals surface area contributed by atoms with Crippen LogP contribution in [0.2, 0.25) is 0 Å². The van der Waals surface area contributed by atoms with E-state index in [0.29, 0.717) is 6.42 Å². The summed E-state index contributed by atoms with van der Waals surface area (Å²) in [7, 11) is 0. The first-order chi connectivity index (χ1) is 5.93. The number of carboxylic acid groups (broad SMARTS) is 1. The van der Waals surface area contributed by atoms with E-state index < -0.39 is 12.1 Å². The van der Waals surface area contributed by atoms with Crippen LogP contribution in [0.4, 0.5) is 4.79 Å². The Labute approximate surface area is 76.2 Å². The molecule has 0 aromatic carbocycles. The van der Waals surface area contributed by atoms with Gasteiger partial charge in [0.15, 0.2) is 0 Å². The molecule has 0 aliphatic rings. The van der Waals surface area contributed by atoms with Gasteiger partial charge in [-0.25, -0.2) is 9.59 Å². The first-order valence-electron chi connectivity index (χ1n) is 3.80. The molecule has 0 heterocycles. The van der Waals surface area contributed by atoms with Crippen molar-refractivity contribution >= 4 is 12.1 Å². The number of ether oxygens (including phenoxy) is 1. The predicted molar refractivity (Wildman–Crippen MR) is 46.1 cm³/mol. The van der Waals surface area contributed by atoms with Gasteiger partial charge >= 0.3 is 12.1 Å². The fourth-order valence-corrected chi connectivity index (χ4v) is 0.742. The van der Waals surface area contributed by atoms with Crippen LogP contribution in [0.1, 0.15) is 19.8 Å². The van der Waals surface area contributed by atoms with E-state index >= 15 is 0 Å². The van der Waals surface area contributed by atoms with E-state index in [1.165, 1.54) is 0 Å². The van der Waals surface area contributed by atoms with Crippen molar-refractivity contribution in [3.05, 3.63) is 12.2 Å². The van der Waals surface area contributed by atoms with Crippen LogP contribution in [-0.2, 0) is 9.53 Å². The van der Waals surface area contributed by atoms with E-state index in [1.807, 2.05) is 0 Å². The quantitative estimate of drug-likeness (QED) is 0.625. The van der Waals surface area contributed by atoms with Crippen molar-refractivity contribution in [1.82, 2.24) is 0 Å². The lowest BCUT2D eigenvalue weighted by molar-refractivity contribution is -0.132. The monoisotopic (exact) mass is 187 g/mol. The molecule has 0 aromatic heterocycles. The maximum atomic E-state index is 10.3. The first-order valence-corrected chi connectivity index (χ1v) is 3.80. The number of amides is 1. The molecule has 3 N–H and O–H groups in total. The third kappa shape index (κ3) is 5.72. The highest BCUT2D eigenvalue weighted by molar-refractivity contribution is 5.85. The van der Waals surface area contributed by atoms with Crippen LogP contribution in [0.25, 0.3) is 0 Å². The molecule has 0 rings (SSSR count). The molecule has 0 aromatic rings. The number of hydrogen-bond acceptors (Lipinski definition) is 3. The second-order valence-corrected chi connectivity index (χ2v) is 2.69. The van der Waals surface area contributed by atoms with Crippen molar-refractivity contribution in [3.63, 3.8) is 0 Å². The molecule has 1 amide bonds. The summed E-state index contributed by atoms with van der Waals surface area (Å²) in [6.07, 6.45) is -0.542. The molecular weight excluding hydrogens is 174 g/mol. The van der Waals surface area contributed by atoms with E-state index in [9.17, 15) is 9.59 Å². The zero-order chi connectivity index (χ0) is 10.4. The molecule has 0 bridgehead atoms. The number of carbonyl (C=O) groups excluding carboxylic acids is 1. The Balaban J connectivity index is 3.70. The number of primary amides is 1. The number of nitrogens with two attached hydrogens (primary N) is 1. The zero-order valence-corrected chi connectivity index (χ0v) is 7.45. The maximum absolute atomic E-state index is 10.3. The van der Waals surface area contributed by atoms with Crippen LogP contribution >= 0.6 is 0 Å². The number of rotatable bonds is 5. The second kappa shape index (κ2) is 5.18. The molecule has 0 radical (unpaired) electrons. The smallest absolute Gasteiger partial charge is 0.404 e. The highest BCUT2D eigenvalue weighted by Gasteiger charge is 2.09. The first kappa shape index (κ1) is 11.5. The normalized spacial score (nSPS) is 11.8. The summed E-state index contributed by atoms with van der Waals surface area (Å²) in [6.45, 7) is 4.97. The summed E-state index contributed by atoms with van der Waals surface area (Å²) in [5.74, 6) is -1.04. The molecule has 5 heteroatoms. The lowest BCUT2D eigenvalue weighted by Crippen LogP contribution is -2.20. The average molecular weight is 187 g/mol. The number of carboxylic acids is 1. The van der Waals surface area contributed by atoms with Gasteiger partial charge in [-0.2, -0.15) is 0 Å². The molecule has 0 saturated carbocycles. The Morgan fingerprint density at radius 1 is 1.62 bits per heavy atom. The minimum atomic E-state index is -1.04. The molecule has 0 aliphatic heterocycles. The summed E-state index contributed by atoms with van der Waals surface area (Å²) in [5, 5.41) is 8.44. The topological polar surface area (TPSA) is 89.6 Å². The van der Waals surface area contributed by atoms with Crippen LogP contribution in [0, 0.1) is 0 Å². The number of carbonyl (C=O) groups is 2. The summed E-state index contributed by atoms with van der Waals surface area (Å²) in [4.78, 5) is 20.6. The van der Waals surface area contributed by atoms with Gasteiger partial charge in [0.05, 0.1) is 0 Å². The lowest BCUT2D eigenvalue weighted by atomic mass is 10.1. The van der Waals surface area contributed by atoms with Crippen LogP contribution in [-0.4, -0.2) is 23.3 Å². The second-order valence-electron chi connectivity index (χ2n) is 2.69. The Morgan fingerprint density at radius 2 is 2.15 bits per heavy atom. The third-order valence-electron chi connectivity index (χ3n) is 1.47. The third-order valence-corrected chi connectivity index (χ3v) is 1.47. The maximum Gasteiger partial charge on any atom is 0.404 e.